The Hall–Kier alpha value is -1.24. The van der Waals surface area contributed by atoms with E-state index in [0.29, 0.717) is 17.7 Å². The summed E-state index contributed by atoms with van der Waals surface area (Å²) in [5.74, 6) is 0.00861. The summed E-state index contributed by atoms with van der Waals surface area (Å²) in [4.78, 5) is 13.9. The van der Waals surface area contributed by atoms with Gasteiger partial charge in [-0.3, -0.25) is 0 Å². The highest BCUT2D eigenvalue weighted by Gasteiger charge is 2.24. The van der Waals surface area contributed by atoms with Crippen LogP contribution in [0.4, 0.5) is 10.2 Å². The van der Waals surface area contributed by atoms with Crippen LogP contribution in [0.25, 0.3) is 10.9 Å². The second-order valence-electron chi connectivity index (χ2n) is 5.08. The number of pyridine rings is 1. The Bertz CT molecular complexity index is 685. The van der Waals surface area contributed by atoms with Crippen LogP contribution in [0.5, 0.6) is 0 Å². The molecule has 3 heterocycles. The van der Waals surface area contributed by atoms with E-state index in [4.69, 9.17) is 23.2 Å². The number of nitrogens with zero attached hydrogens (tertiary/aromatic N) is 4. The van der Waals surface area contributed by atoms with Crippen LogP contribution in [-0.2, 0) is 0 Å². The quantitative estimate of drug-likeness (QED) is 0.677. The monoisotopic (exact) mass is 330 g/mol. The number of hydrogen-bond acceptors (Lipinski definition) is 5. The van der Waals surface area contributed by atoms with E-state index in [1.54, 1.807) is 0 Å². The van der Waals surface area contributed by atoms with Gasteiger partial charge in [0, 0.05) is 25.9 Å². The average Bonchev–Trinajstić information content (AvgIpc) is 2.51. The first-order chi connectivity index (χ1) is 10.1. The van der Waals surface area contributed by atoms with Gasteiger partial charge < -0.3 is 10.0 Å². The topological polar surface area (TPSA) is 62.1 Å². The number of piperidine rings is 1. The molecule has 0 aliphatic carbocycles. The number of fused-ring (bicyclic) bond motifs is 1. The van der Waals surface area contributed by atoms with Gasteiger partial charge in [0.2, 0.25) is 5.28 Å². The standard InChI is InChI=1S/C13H13Cl2FN4O/c14-11-9(16)10-8(4-17-11)12(19-13(15)18-10)20-3-1-2-7(5-20)6-21/h4,7,21H,1-3,5-6H2/t7-/m0/s1. The van der Waals surface area contributed by atoms with Gasteiger partial charge in [-0.25, -0.2) is 14.4 Å². The number of hydrogen-bond donors (Lipinski definition) is 1. The number of anilines is 1. The van der Waals surface area contributed by atoms with Crippen molar-refractivity contribution in [2.75, 3.05) is 24.6 Å². The molecule has 0 bridgehead atoms. The molecule has 0 spiro atoms. The van der Waals surface area contributed by atoms with Crippen LogP contribution < -0.4 is 4.90 Å². The van der Waals surface area contributed by atoms with Gasteiger partial charge in [0.05, 0.1) is 5.39 Å². The van der Waals surface area contributed by atoms with Gasteiger partial charge in [-0.2, -0.15) is 4.98 Å². The maximum atomic E-state index is 14.1. The molecular weight excluding hydrogens is 318 g/mol. The van der Waals surface area contributed by atoms with Gasteiger partial charge in [0.15, 0.2) is 11.0 Å². The van der Waals surface area contributed by atoms with Crippen LogP contribution in [0, 0.1) is 11.7 Å². The van der Waals surface area contributed by atoms with Crippen molar-refractivity contribution in [1.29, 1.82) is 0 Å². The Morgan fingerprint density at radius 3 is 2.95 bits per heavy atom. The first-order valence-electron chi connectivity index (χ1n) is 6.63. The molecule has 1 saturated heterocycles. The van der Waals surface area contributed by atoms with Crippen LogP contribution in [0.1, 0.15) is 12.8 Å². The molecule has 21 heavy (non-hydrogen) atoms. The maximum absolute atomic E-state index is 14.1. The molecule has 2 aromatic heterocycles. The largest absolute Gasteiger partial charge is 0.396 e. The molecule has 2 aromatic rings. The van der Waals surface area contributed by atoms with Crippen molar-refractivity contribution < 1.29 is 9.50 Å². The van der Waals surface area contributed by atoms with Crippen molar-refractivity contribution in [1.82, 2.24) is 15.0 Å². The van der Waals surface area contributed by atoms with Crippen molar-refractivity contribution in [3.63, 3.8) is 0 Å². The second-order valence-corrected chi connectivity index (χ2v) is 5.77. The molecular formula is C13H13Cl2FN4O. The Labute approximate surface area is 130 Å². The minimum atomic E-state index is -0.699. The molecule has 0 radical (unpaired) electrons. The lowest BCUT2D eigenvalue weighted by atomic mass is 9.99. The lowest BCUT2D eigenvalue weighted by Gasteiger charge is -2.33. The summed E-state index contributed by atoms with van der Waals surface area (Å²) < 4.78 is 14.1. The predicted octanol–water partition coefficient (Wildman–Crippen LogP) is 2.68. The number of rotatable bonds is 2. The minimum Gasteiger partial charge on any atom is -0.396 e. The lowest BCUT2D eigenvalue weighted by molar-refractivity contribution is 0.208. The van der Waals surface area contributed by atoms with Crippen LogP contribution in [-0.4, -0.2) is 39.8 Å². The average molecular weight is 331 g/mol. The highest BCUT2D eigenvalue weighted by Crippen LogP contribution is 2.31. The molecule has 1 atom stereocenters. The summed E-state index contributed by atoms with van der Waals surface area (Å²) >= 11 is 11.6. The number of aliphatic hydroxyl groups is 1. The number of aliphatic hydroxyl groups excluding tert-OH is 1. The first-order valence-corrected chi connectivity index (χ1v) is 7.38. The van der Waals surface area contributed by atoms with Crippen LogP contribution >= 0.6 is 23.2 Å². The zero-order chi connectivity index (χ0) is 15.0. The van der Waals surface area contributed by atoms with Crippen molar-refractivity contribution in [3.8, 4) is 0 Å². The second kappa shape index (κ2) is 5.87. The molecule has 1 aliphatic rings. The fraction of sp³-hybridized carbons (Fsp3) is 0.462. The van der Waals surface area contributed by atoms with Crippen LogP contribution in [0.2, 0.25) is 10.4 Å². The molecule has 0 aromatic carbocycles. The van der Waals surface area contributed by atoms with Crippen molar-refractivity contribution in [3.05, 3.63) is 22.5 Å². The van der Waals surface area contributed by atoms with Crippen molar-refractivity contribution >= 4 is 39.9 Å². The summed E-state index contributed by atoms with van der Waals surface area (Å²) in [6.45, 7) is 1.53. The van der Waals surface area contributed by atoms with Gasteiger partial charge in [-0.1, -0.05) is 11.6 Å². The van der Waals surface area contributed by atoms with Gasteiger partial charge in [0.25, 0.3) is 0 Å². The molecule has 1 fully saturated rings. The Morgan fingerprint density at radius 1 is 1.38 bits per heavy atom. The van der Waals surface area contributed by atoms with E-state index in [-0.39, 0.29) is 28.5 Å². The minimum absolute atomic E-state index is 0.0372. The van der Waals surface area contributed by atoms with E-state index in [1.807, 2.05) is 4.90 Å². The van der Waals surface area contributed by atoms with E-state index in [9.17, 15) is 9.50 Å². The van der Waals surface area contributed by atoms with E-state index in [0.717, 1.165) is 19.4 Å². The third kappa shape index (κ3) is 2.75. The zero-order valence-electron chi connectivity index (χ0n) is 11.1. The molecule has 1 aliphatic heterocycles. The zero-order valence-corrected chi connectivity index (χ0v) is 12.6. The Balaban J connectivity index is 2.11. The Morgan fingerprint density at radius 2 is 2.19 bits per heavy atom. The predicted molar refractivity (Wildman–Crippen MR) is 79.3 cm³/mol. The first kappa shape index (κ1) is 14.7. The van der Waals surface area contributed by atoms with E-state index in [1.165, 1.54) is 6.20 Å². The summed E-state index contributed by atoms with van der Waals surface area (Å²) in [5, 5.41) is 9.52. The van der Waals surface area contributed by atoms with Gasteiger partial charge in [-0.05, 0) is 30.4 Å². The molecule has 0 saturated carbocycles. The molecule has 0 amide bonds. The highest BCUT2D eigenvalue weighted by molar-refractivity contribution is 6.30. The summed E-state index contributed by atoms with van der Waals surface area (Å²) in [7, 11) is 0. The molecule has 112 valence electrons. The van der Waals surface area contributed by atoms with Crippen LogP contribution in [0.15, 0.2) is 6.20 Å². The Kier molecular flexibility index (Phi) is 4.10. The summed E-state index contributed by atoms with van der Waals surface area (Å²) in [6.07, 6.45) is 3.34. The molecule has 8 heteroatoms. The van der Waals surface area contributed by atoms with Crippen LogP contribution in [0.3, 0.4) is 0 Å². The van der Waals surface area contributed by atoms with Gasteiger partial charge in [0.1, 0.15) is 11.3 Å². The van der Waals surface area contributed by atoms with E-state index < -0.39 is 5.82 Å². The fourth-order valence-electron chi connectivity index (χ4n) is 2.64. The van der Waals surface area contributed by atoms with Gasteiger partial charge >= 0.3 is 0 Å². The fourth-order valence-corrected chi connectivity index (χ4v) is 2.94. The lowest BCUT2D eigenvalue weighted by Crippen LogP contribution is -2.37. The molecule has 0 unspecified atom stereocenters. The third-order valence-corrected chi connectivity index (χ3v) is 4.10. The molecule has 5 nitrogen and oxygen atoms in total. The smallest absolute Gasteiger partial charge is 0.225 e. The third-order valence-electron chi connectivity index (χ3n) is 3.67. The van der Waals surface area contributed by atoms with E-state index >= 15 is 0 Å². The SMILES string of the molecule is OC[C@H]1CCCN(c2nc(Cl)nc3c(F)c(Cl)ncc23)C1. The molecule has 3 rings (SSSR count). The number of aromatic nitrogens is 3. The van der Waals surface area contributed by atoms with Gasteiger partial charge in [-0.15, -0.1) is 0 Å². The van der Waals surface area contributed by atoms with E-state index in [2.05, 4.69) is 15.0 Å². The number of halogens is 3. The van der Waals surface area contributed by atoms with Crippen molar-refractivity contribution in [2.24, 2.45) is 5.92 Å². The summed E-state index contributed by atoms with van der Waals surface area (Å²) in [5.41, 5.74) is 0.0659. The normalized spacial score (nSPS) is 19.2. The van der Waals surface area contributed by atoms with Crippen molar-refractivity contribution in [2.45, 2.75) is 12.8 Å². The highest BCUT2D eigenvalue weighted by atomic mass is 35.5. The summed E-state index contributed by atoms with van der Waals surface area (Å²) in [6, 6.07) is 0. The molecule has 1 N–H and O–H groups in total. The maximum Gasteiger partial charge on any atom is 0.225 e.